The smallest absolute Gasteiger partial charge is 0.245 e. The van der Waals surface area contributed by atoms with E-state index >= 15 is 0 Å². The van der Waals surface area contributed by atoms with Gasteiger partial charge in [0, 0.05) is 25.2 Å². The zero-order chi connectivity index (χ0) is 17.3. The van der Waals surface area contributed by atoms with Crippen molar-refractivity contribution in [3.63, 3.8) is 0 Å². The summed E-state index contributed by atoms with van der Waals surface area (Å²) in [5.74, 6) is 1.25. The Morgan fingerprint density at radius 3 is 2.67 bits per heavy atom. The van der Waals surface area contributed by atoms with Crippen molar-refractivity contribution in [3.8, 4) is 17.0 Å². The number of aromatic nitrogens is 1. The lowest BCUT2D eigenvalue weighted by molar-refractivity contribution is -0.124. The molecule has 1 fully saturated rings. The Hall–Kier alpha value is -1.86. The number of nitrogens with two attached hydrogens (primary N) is 1. The monoisotopic (exact) mass is 411 g/mol. The van der Waals surface area contributed by atoms with E-state index in [0.29, 0.717) is 31.9 Å². The highest BCUT2D eigenvalue weighted by atomic mass is 35.5. The topological polar surface area (TPSA) is 86.5 Å². The molecule has 0 aliphatic carbocycles. The number of carbonyl (C=O) groups excluding carboxylic acids is 1. The third-order valence-electron chi connectivity index (χ3n) is 4.81. The van der Waals surface area contributed by atoms with Crippen molar-refractivity contribution in [1.29, 1.82) is 0 Å². The number of pyridine rings is 1. The van der Waals surface area contributed by atoms with Gasteiger partial charge in [-0.15, -0.1) is 24.8 Å². The number of benzene rings is 1. The van der Waals surface area contributed by atoms with Crippen LogP contribution in [-0.4, -0.2) is 36.3 Å². The molecule has 27 heavy (non-hydrogen) atoms. The maximum atomic E-state index is 12.5. The zero-order valence-electron chi connectivity index (χ0n) is 14.8. The molecule has 0 radical (unpaired) electrons. The van der Waals surface area contributed by atoms with Gasteiger partial charge in [-0.1, -0.05) is 6.07 Å². The number of fused-ring (bicyclic) bond motifs is 1. The summed E-state index contributed by atoms with van der Waals surface area (Å²) in [6.45, 7) is 1.74. The quantitative estimate of drug-likeness (QED) is 0.810. The molecule has 0 saturated carbocycles. The molecule has 1 aromatic heterocycles. The van der Waals surface area contributed by atoms with Crippen molar-refractivity contribution in [1.82, 2.24) is 4.98 Å². The first-order valence-electron chi connectivity index (χ1n) is 8.55. The van der Waals surface area contributed by atoms with Gasteiger partial charge < -0.3 is 20.5 Å². The molecule has 2 aliphatic rings. The highest BCUT2D eigenvalue weighted by Crippen LogP contribution is 2.30. The van der Waals surface area contributed by atoms with Crippen LogP contribution in [0.15, 0.2) is 36.4 Å². The third-order valence-corrected chi connectivity index (χ3v) is 4.81. The van der Waals surface area contributed by atoms with Crippen LogP contribution in [0.3, 0.4) is 0 Å². The SMILES string of the molecule is Cl.Cl.NC1(C(=O)Nc2cccc(-c3ccc4c(c3)CCO4)n2)CCOCC1. The Morgan fingerprint density at radius 2 is 1.89 bits per heavy atom. The summed E-state index contributed by atoms with van der Waals surface area (Å²) >= 11 is 0. The van der Waals surface area contributed by atoms with Gasteiger partial charge in [-0.25, -0.2) is 4.98 Å². The van der Waals surface area contributed by atoms with Gasteiger partial charge in [0.05, 0.1) is 12.3 Å². The molecule has 0 unspecified atom stereocenters. The second-order valence-electron chi connectivity index (χ2n) is 6.55. The second kappa shape index (κ2) is 8.89. The van der Waals surface area contributed by atoms with Gasteiger partial charge in [0.1, 0.15) is 17.1 Å². The number of hydrogen-bond donors (Lipinski definition) is 2. The summed E-state index contributed by atoms with van der Waals surface area (Å²) in [6, 6.07) is 11.6. The maximum Gasteiger partial charge on any atom is 0.245 e. The zero-order valence-corrected chi connectivity index (χ0v) is 16.4. The minimum absolute atomic E-state index is 0. The summed E-state index contributed by atoms with van der Waals surface area (Å²) in [6.07, 6.45) is 1.95. The first-order valence-corrected chi connectivity index (χ1v) is 8.55. The molecule has 0 bridgehead atoms. The van der Waals surface area contributed by atoms with Crippen molar-refractivity contribution in [2.24, 2.45) is 5.73 Å². The van der Waals surface area contributed by atoms with Crippen LogP contribution in [-0.2, 0) is 16.0 Å². The number of ether oxygens (including phenoxy) is 2. The molecule has 146 valence electrons. The van der Waals surface area contributed by atoms with Crippen LogP contribution in [0.1, 0.15) is 18.4 Å². The molecule has 1 saturated heterocycles. The third kappa shape index (κ3) is 4.52. The number of carbonyl (C=O) groups is 1. The summed E-state index contributed by atoms with van der Waals surface area (Å²) < 4.78 is 10.8. The van der Waals surface area contributed by atoms with Gasteiger partial charge in [-0.2, -0.15) is 0 Å². The van der Waals surface area contributed by atoms with Crippen LogP contribution in [0.25, 0.3) is 11.3 Å². The highest BCUT2D eigenvalue weighted by molar-refractivity contribution is 5.97. The van der Waals surface area contributed by atoms with Gasteiger partial charge in [-0.3, -0.25) is 4.79 Å². The first kappa shape index (κ1) is 21.4. The van der Waals surface area contributed by atoms with Crippen LogP contribution in [0.4, 0.5) is 5.82 Å². The largest absolute Gasteiger partial charge is 0.493 e. The summed E-state index contributed by atoms with van der Waals surface area (Å²) in [5.41, 5.74) is 8.35. The molecule has 3 heterocycles. The predicted molar refractivity (Wildman–Crippen MR) is 109 cm³/mol. The number of hydrogen-bond acceptors (Lipinski definition) is 5. The number of nitrogens with one attached hydrogen (secondary N) is 1. The number of anilines is 1. The van der Waals surface area contributed by atoms with E-state index in [0.717, 1.165) is 30.0 Å². The molecule has 1 amide bonds. The van der Waals surface area contributed by atoms with E-state index < -0.39 is 5.54 Å². The molecule has 0 atom stereocenters. The van der Waals surface area contributed by atoms with Crippen molar-refractivity contribution in [2.75, 3.05) is 25.1 Å². The lowest BCUT2D eigenvalue weighted by Crippen LogP contribution is -2.54. The Balaban J connectivity index is 0.00000131. The number of rotatable bonds is 3. The molecule has 8 heteroatoms. The second-order valence-corrected chi connectivity index (χ2v) is 6.55. The van der Waals surface area contributed by atoms with E-state index in [1.165, 1.54) is 5.56 Å². The Labute approximate surface area is 170 Å². The fourth-order valence-corrected chi connectivity index (χ4v) is 3.21. The first-order chi connectivity index (χ1) is 12.1. The normalized spacial score (nSPS) is 16.9. The molecular weight excluding hydrogens is 389 g/mol. The van der Waals surface area contributed by atoms with Crippen molar-refractivity contribution in [3.05, 3.63) is 42.0 Å². The lowest BCUT2D eigenvalue weighted by Gasteiger charge is -2.31. The van der Waals surface area contributed by atoms with E-state index in [1.807, 2.05) is 24.3 Å². The van der Waals surface area contributed by atoms with Crippen LogP contribution in [0, 0.1) is 0 Å². The van der Waals surface area contributed by atoms with E-state index in [1.54, 1.807) is 6.07 Å². The Bertz CT molecular complexity index is 811. The molecule has 6 nitrogen and oxygen atoms in total. The van der Waals surface area contributed by atoms with Crippen molar-refractivity contribution >= 4 is 36.5 Å². The molecule has 2 aromatic rings. The van der Waals surface area contributed by atoms with E-state index in [9.17, 15) is 4.79 Å². The molecule has 4 rings (SSSR count). The average molecular weight is 412 g/mol. The number of amides is 1. The van der Waals surface area contributed by atoms with Crippen LogP contribution < -0.4 is 15.8 Å². The van der Waals surface area contributed by atoms with Gasteiger partial charge in [0.15, 0.2) is 0 Å². The van der Waals surface area contributed by atoms with Crippen molar-refractivity contribution in [2.45, 2.75) is 24.8 Å². The summed E-state index contributed by atoms with van der Waals surface area (Å²) in [7, 11) is 0. The van der Waals surface area contributed by atoms with Crippen LogP contribution in [0.5, 0.6) is 5.75 Å². The maximum absolute atomic E-state index is 12.5. The lowest BCUT2D eigenvalue weighted by atomic mass is 9.90. The Kier molecular flexibility index (Phi) is 7.06. The Morgan fingerprint density at radius 1 is 1.11 bits per heavy atom. The van der Waals surface area contributed by atoms with Crippen LogP contribution >= 0.6 is 24.8 Å². The van der Waals surface area contributed by atoms with Gasteiger partial charge in [-0.05, 0) is 48.7 Å². The van der Waals surface area contributed by atoms with E-state index in [4.69, 9.17) is 15.2 Å². The van der Waals surface area contributed by atoms with Crippen molar-refractivity contribution < 1.29 is 14.3 Å². The van der Waals surface area contributed by atoms with Gasteiger partial charge in [0.2, 0.25) is 5.91 Å². The van der Waals surface area contributed by atoms with Gasteiger partial charge >= 0.3 is 0 Å². The van der Waals surface area contributed by atoms with Gasteiger partial charge in [0.25, 0.3) is 0 Å². The number of nitrogens with zero attached hydrogens (tertiary/aromatic N) is 1. The number of halogens is 2. The van der Waals surface area contributed by atoms with E-state index in [2.05, 4.69) is 16.4 Å². The van der Waals surface area contributed by atoms with E-state index in [-0.39, 0.29) is 30.7 Å². The van der Waals surface area contributed by atoms with Crippen LogP contribution in [0.2, 0.25) is 0 Å². The fourth-order valence-electron chi connectivity index (χ4n) is 3.21. The fraction of sp³-hybridized carbons (Fsp3) is 0.368. The predicted octanol–water partition coefficient (Wildman–Crippen LogP) is 2.97. The molecular formula is C19H23Cl2N3O3. The summed E-state index contributed by atoms with van der Waals surface area (Å²) in [5, 5.41) is 2.86. The molecule has 1 aromatic carbocycles. The summed E-state index contributed by atoms with van der Waals surface area (Å²) in [4.78, 5) is 17.1. The standard InChI is InChI=1S/C19H21N3O3.2ClH/c20-19(7-10-24-11-8-19)18(23)22-17-3-1-2-15(21-17)13-4-5-16-14(12-13)6-9-25-16;;/h1-5,12H,6-11,20H2,(H,21,22,23);2*1H. The minimum Gasteiger partial charge on any atom is -0.493 e. The minimum atomic E-state index is -0.888. The molecule has 0 spiro atoms. The average Bonchev–Trinajstić information content (AvgIpc) is 3.10. The molecule has 3 N–H and O–H groups in total. The molecule has 2 aliphatic heterocycles. The highest BCUT2D eigenvalue weighted by Gasteiger charge is 2.36.